The number of rotatable bonds is 3. The van der Waals surface area contributed by atoms with E-state index in [4.69, 9.17) is 9.81 Å². The van der Waals surface area contributed by atoms with Crippen molar-refractivity contribution < 1.29 is 17.3 Å². The molecule has 0 aliphatic carbocycles. The van der Waals surface area contributed by atoms with E-state index in [1.165, 1.54) is 0 Å². The highest BCUT2D eigenvalue weighted by molar-refractivity contribution is 7.80. The summed E-state index contributed by atoms with van der Waals surface area (Å²) >= 11 is 0. The van der Waals surface area contributed by atoms with E-state index in [2.05, 4.69) is 15.1 Å². The van der Waals surface area contributed by atoms with Crippen molar-refractivity contribution in [2.75, 3.05) is 6.54 Å². The highest BCUT2D eigenvalue weighted by Gasteiger charge is 2.21. The van der Waals surface area contributed by atoms with Crippen molar-refractivity contribution in [2.45, 2.75) is 24.9 Å². The first kappa shape index (κ1) is 11.4. The van der Waals surface area contributed by atoms with Gasteiger partial charge in [0.2, 0.25) is 0 Å². The molecule has 1 fully saturated rings. The maximum Gasteiger partial charge on any atom is 0.413 e. The van der Waals surface area contributed by atoms with Crippen LogP contribution < -0.4 is 10.8 Å². The summed E-state index contributed by atoms with van der Waals surface area (Å²) in [5.74, 6) is 0. The quantitative estimate of drug-likeness (QED) is 0.412. The van der Waals surface area contributed by atoms with Crippen LogP contribution in [0.3, 0.4) is 0 Å². The van der Waals surface area contributed by atoms with Gasteiger partial charge in [-0.25, -0.2) is 0 Å². The Labute approximate surface area is 82.0 Å². The SMILES string of the molecule is N#C[C@@H]1CC[C@@H](NOS(=O)(=O)O)CN1. The maximum atomic E-state index is 10.2. The first-order valence-electron chi connectivity index (χ1n) is 4.05. The van der Waals surface area contributed by atoms with Crippen molar-refractivity contribution in [3.8, 4) is 6.07 Å². The predicted molar refractivity (Wildman–Crippen MR) is 46.2 cm³/mol. The summed E-state index contributed by atoms with van der Waals surface area (Å²) in [6.45, 7) is 0.424. The number of nitrogens with one attached hydrogen (secondary N) is 2. The van der Waals surface area contributed by atoms with Crippen LogP contribution in [0.15, 0.2) is 0 Å². The minimum Gasteiger partial charge on any atom is -0.300 e. The van der Waals surface area contributed by atoms with E-state index < -0.39 is 10.4 Å². The summed E-state index contributed by atoms with van der Waals surface area (Å²) < 4.78 is 32.6. The van der Waals surface area contributed by atoms with E-state index in [0.29, 0.717) is 19.4 Å². The van der Waals surface area contributed by atoms with Gasteiger partial charge in [-0.3, -0.25) is 4.55 Å². The van der Waals surface area contributed by atoms with Crippen molar-refractivity contribution in [3.05, 3.63) is 0 Å². The molecule has 0 bridgehead atoms. The smallest absolute Gasteiger partial charge is 0.300 e. The standard InChI is InChI=1S/C6H11N3O4S/c7-3-5-1-2-6(4-8-5)9-13-14(10,11)12/h5-6,8-9H,1-2,4H2,(H,10,11,12)/t5-,6+/m0/s1. The third-order valence-electron chi connectivity index (χ3n) is 1.89. The summed E-state index contributed by atoms with van der Waals surface area (Å²) in [6, 6.07) is 1.63. The normalized spacial score (nSPS) is 28.3. The number of hydroxylamine groups is 1. The molecule has 1 aliphatic rings. The van der Waals surface area contributed by atoms with Gasteiger partial charge in [0.05, 0.1) is 12.1 Å². The largest absolute Gasteiger partial charge is 0.413 e. The average molecular weight is 221 g/mol. The van der Waals surface area contributed by atoms with Crippen LogP contribution in [0.4, 0.5) is 0 Å². The summed E-state index contributed by atoms with van der Waals surface area (Å²) in [5.41, 5.74) is 2.20. The van der Waals surface area contributed by atoms with Crippen molar-refractivity contribution in [2.24, 2.45) is 0 Å². The number of nitrogens with zero attached hydrogens (tertiary/aromatic N) is 1. The van der Waals surface area contributed by atoms with E-state index in [9.17, 15) is 8.42 Å². The Morgan fingerprint density at radius 1 is 1.57 bits per heavy atom. The molecule has 1 heterocycles. The van der Waals surface area contributed by atoms with Crippen LogP contribution in [0.2, 0.25) is 0 Å². The van der Waals surface area contributed by atoms with Gasteiger partial charge in [-0.05, 0) is 12.8 Å². The van der Waals surface area contributed by atoms with Crippen LogP contribution >= 0.6 is 0 Å². The van der Waals surface area contributed by atoms with E-state index in [1.807, 2.05) is 6.07 Å². The Balaban J connectivity index is 2.27. The summed E-state index contributed by atoms with van der Waals surface area (Å²) in [5, 5.41) is 11.4. The van der Waals surface area contributed by atoms with Gasteiger partial charge in [-0.15, -0.1) is 0 Å². The van der Waals surface area contributed by atoms with Gasteiger partial charge >= 0.3 is 10.4 Å². The third kappa shape index (κ3) is 3.99. The Kier molecular flexibility index (Phi) is 3.79. The molecular formula is C6H11N3O4S. The Bertz CT molecular complexity index is 314. The highest BCUT2D eigenvalue weighted by atomic mass is 32.3. The molecule has 0 aromatic carbocycles. The van der Waals surface area contributed by atoms with Crippen molar-refractivity contribution in [1.82, 2.24) is 10.8 Å². The molecule has 0 aromatic heterocycles. The molecule has 14 heavy (non-hydrogen) atoms. The van der Waals surface area contributed by atoms with E-state index in [-0.39, 0.29) is 12.1 Å². The fourth-order valence-corrected chi connectivity index (χ4v) is 1.45. The molecule has 8 heteroatoms. The Morgan fingerprint density at radius 3 is 2.71 bits per heavy atom. The zero-order chi connectivity index (χ0) is 10.6. The van der Waals surface area contributed by atoms with Crippen molar-refractivity contribution >= 4 is 10.4 Å². The molecule has 7 nitrogen and oxygen atoms in total. The Hall–Kier alpha value is -0.720. The Morgan fingerprint density at radius 2 is 2.29 bits per heavy atom. The molecule has 0 amide bonds. The molecule has 0 spiro atoms. The molecule has 1 saturated heterocycles. The van der Waals surface area contributed by atoms with Gasteiger partial charge < -0.3 is 5.32 Å². The van der Waals surface area contributed by atoms with Gasteiger partial charge in [-0.2, -0.15) is 23.4 Å². The monoisotopic (exact) mass is 221 g/mol. The lowest BCUT2D eigenvalue weighted by Crippen LogP contribution is -2.47. The van der Waals surface area contributed by atoms with Gasteiger partial charge in [0.25, 0.3) is 0 Å². The topological polar surface area (TPSA) is 111 Å². The average Bonchev–Trinajstić information content (AvgIpc) is 2.14. The molecule has 0 radical (unpaired) electrons. The van der Waals surface area contributed by atoms with E-state index in [1.54, 1.807) is 0 Å². The molecule has 2 atom stereocenters. The van der Waals surface area contributed by atoms with Gasteiger partial charge in [-0.1, -0.05) is 0 Å². The van der Waals surface area contributed by atoms with Crippen molar-refractivity contribution in [1.29, 1.82) is 5.26 Å². The molecule has 0 unspecified atom stereocenters. The molecule has 0 saturated carbocycles. The lowest BCUT2D eigenvalue weighted by atomic mass is 10.0. The molecule has 3 N–H and O–H groups in total. The zero-order valence-corrected chi connectivity index (χ0v) is 8.12. The van der Waals surface area contributed by atoms with Crippen LogP contribution in [0, 0.1) is 11.3 Å². The fraction of sp³-hybridized carbons (Fsp3) is 0.833. The maximum absolute atomic E-state index is 10.2. The van der Waals surface area contributed by atoms with E-state index in [0.717, 1.165) is 0 Å². The summed E-state index contributed by atoms with van der Waals surface area (Å²) in [4.78, 5) is 0. The van der Waals surface area contributed by atoms with Gasteiger partial charge in [0, 0.05) is 12.6 Å². The predicted octanol–water partition coefficient (Wildman–Crippen LogP) is -1.05. The third-order valence-corrected chi connectivity index (χ3v) is 2.20. The molecule has 0 aromatic rings. The zero-order valence-electron chi connectivity index (χ0n) is 7.30. The molecule has 80 valence electrons. The summed E-state index contributed by atoms with van der Waals surface area (Å²) in [7, 11) is -4.45. The number of hydrogen-bond acceptors (Lipinski definition) is 6. The fourth-order valence-electron chi connectivity index (χ4n) is 1.20. The first-order chi connectivity index (χ1) is 6.51. The summed E-state index contributed by atoms with van der Waals surface area (Å²) in [6.07, 6.45) is 1.23. The first-order valence-corrected chi connectivity index (χ1v) is 5.42. The second kappa shape index (κ2) is 4.68. The lowest BCUT2D eigenvalue weighted by Gasteiger charge is -2.25. The number of hydrogen-bond donors (Lipinski definition) is 3. The van der Waals surface area contributed by atoms with Crippen LogP contribution in [-0.4, -0.2) is 31.6 Å². The second-order valence-electron chi connectivity index (χ2n) is 2.99. The highest BCUT2D eigenvalue weighted by Crippen LogP contribution is 2.07. The van der Waals surface area contributed by atoms with Crippen LogP contribution in [0.1, 0.15) is 12.8 Å². The number of nitriles is 1. The van der Waals surface area contributed by atoms with Crippen LogP contribution in [0.5, 0.6) is 0 Å². The minimum atomic E-state index is -4.45. The van der Waals surface area contributed by atoms with Crippen LogP contribution in [0.25, 0.3) is 0 Å². The van der Waals surface area contributed by atoms with Gasteiger partial charge in [0.1, 0.15) is 0 Å². The second-order valence-corrected chi connectivity index (χ2v) is 4.02. The molecule has 1 rings (SSSR count). The molecular weight excluding hydrogens is 210 g/mol. The molecule has 1 aliphatic heterocycles. The van der Waals surface area contributed by atoms with Gasteiger partial charge in [0.15, 0.2) is 0 Å². The lowest BCUT2D eigenvalue weighted by molar-refractivity contribution is 0.124. The van der Waals surface area contributed by atoms with Crippen molar-refractivity contribution in [3.63, 3.8) is 0 Å². The van der Waals surface area contributed by atoms with E-state index >= 15 is 0 Å². The van der Waals surface area contributed by atoms with Crippen LogP contribution in [-0.2, 0) is 14.7 Å². The number of piperidine rings is 1. The minimum absolute atomic E-state index is 0.196.